The molecule has 0 atom stereocenters. The molecule has 1 heterocycles. The zero-order chi connectivity index (χ0) is 16.4. The van der Waals surface area contributed by atoms with Gasteiger partial charge in [-0.1, -0.05) is 59.8 Å². The van der Waals surface area contributed by atoms with Crippen LogP contribution in [0.1, 0.15) is 5.56 Å². The van der Waals surface area contributed by atoms with Gasteiger partial charge in [0.25, 0.3) is 5.91 Å². The lowest BCUT2D eigenvalue weighted by Crippen LogP contribution is -2.27. The van der Waals surface area contributed by atoms with Gasteiger partial charge in [-0.3, -0.25) is 9.69 Å². The first kappa shape index (κ1) is 16.1. The molecule has 0 saturated carbocycles. The number of halogens is 1. The van der Waals surface area contributed by atoms with Crippen LogP contribution in [0.15, 0.2) is 53.4 Å². The fourth-order valence-corrected chi connectivity index (χ4v) is 3.65. The number of methoxy groups -OCH3 is 1. The van der Waals surface area contributed by atoms with E-state index >= 15 is 0 Å². The maximum absolute atomic E-state index is 12.7. The first-order valence-corrected chi connectivity index (χ1v) is 8.37. The van der Waals surface area contributed by atoms with Crippen LogP contribution in [0.2, 0.25) is 5.02 Å². The van der Waals surface area contributed by atoms with E-state index in [9.17, 15) is 4.79 Å². The molecule has 3 nitrogen and oxygen atoms in total. The normalized spacial score (nSPS) is 16.3. The van der Waals surface area contributed by atoms with Crippen molar-refractivity contribution in [2.75, 3.05) is 12.0 Å². The molecule has 0 N–H and O–H groups in total. The number of carbonyl (C=O) groups excluding carboxylic acids is 1. The third kappa shape index (κ3) is 3.27. The highest BCUT2D eigenvalue weighted by atomic mass is 35.5. The molecular weight excluding hydrogens is 350 g/mol. The van der Waals surface area contributed by atoms with Crippen LogP contribution in [0.3, 0.4) is 0 Å². The standard InChI is InChI=1S/C17H12ClNO2S2/c1-21-13-7-4-6-12(10-13)19-16(20)15(23-17(19)22)9-11-5-2-3-8-14(11)18/h2-10H,1H3/b15-9-. The number of ether oxygens (including phenoxy) is 1. The van der Waals surface area contributed by atoms with Gasteiger partial charge in [0.15, 0.2) is 4.32 Å². The molecule has 23 heavy (non-hydrogen) atoms. The molecule has 0 aromatic heterocycles. The lowest BCUT2D eigenvalue weighted by atomic mass is 10.2. The van der Waals surface area contributed by atoms with Crippen LogP contribution in [0.25, 0.3) is 6.08 Å². The Kier molecular flexibility index (Phi) is 4.71. The second-order valence-electron chi connectivity index (χ2n) is 4.74. The summed E-state index contributed by atoms with van der Waals surface area (Å²) < 4.78 is 5.69. The highest BCUT2D eigenvalue weighted by molar-refractivity contribution is 8.27. The maximum atomic E-state index is 12.7. The van der Waals surface area contributed by atoms with Crippen LogP contribution in [0.4, 0.5) is 5.69 Å². The molecule has 0 radical (unpaired) electrons. The average molecular weight is 362 g/mol. The smallest absolute Gasteiger partial charge is 0.270 e. The third-order valence-corrected chi connectivity index (χ3v) is 4.94. The molecule has 3 rings (SSSR count). The van der Waals surface area contributed by atoms with Crippen molar-refractivity contribution in [1.29, 1.82) is 0 Å². The zero-order valence-electron chi connectivity index (χ0n) is 12.2. The number of anilines is 1. The molecule has 0 bridgehead atoms. The lowest BCUT2D eigenvalue weighted by molar-refractivity contribution is -0.113. The monoisotopic (exact) mass is 361 g/mol. The second-order valence-corrected chi connectivity index (χ2v) is 6.82. The Morgan fingerprint density at radius 3 is 2.74 bits per heavy atom. The van der Waals surface area contributed by atoms with Crippen LogP contribution in [-0.2, 0) is 4.79 Å². The van der Waals surface area contributed by atoms with Gasteiger partial charge in [-0.25, -0.2) is 0 Å². The fourth-order valence-electron chi connectivity index (χ4n) is 2.17. The summed E-state index contributed by atoms with van der Waals surface area (Å²) in [7, 11) is 1.58. The van der Waals surface area contributed by atoms with Gasteiger partial charge in [0, 0.05) is 11.1 Å². The molecule has 2 aromatic rings. The number of carbonyl (C=O) groups is 1. The van der Waals surface area contributed by atoms with Gasteiger partial charge in [-0.05, 0) is 29.8 Å². The van der Waals surface area contributed by atoms with Crippen molar-refractivity contribution < 1.29 is 9.53 Å². The number of benzene rings is 2. The van der Waals surface area contributed by atoms with Crippen molar-refractivity contribution in [3.05, 3.63) is 64.0 Å². The van der Waals surface area contributed by atoms with Gasteiger partial charge in [-0.15, -0.1) is 0 Å². The maximum Gasteiger partial charge on any atom is 0.270 e. The Morgan fingerprint density at radius 1 is 1.22 bits per heavy atom. The lowest BCUT2D eigenvalue weighted by Gasteiger charge is -2.15. The number of rotatable bonds is 3. The first-order valence-electron chi connectivity index (χ1n) is 6.76. The predicted octanol–water partition coefficient (Wildman–Crippen LogP) is 4.75. The molecule has 1 aliphatic rings. The Morgan fingerprint density at radius 2 is 2.00 bits per heavy atom. The van der Waals surface area contributed by atoms with Gasteiger partial charge in [0.05, 0.1) is 17.7 Å². The predicted molar refractivity (Wildman–Crippen MR) is 100 cm³/mol. The van der Waals surface area contributed by atoms with Gasteiger partial charge < -0.3 is 4.74 Å². The largest absolute Gasteiger partial charge is 0.497 e. The van der Waals surface area contributed by atoms with Crippen molar-refractivity contribution in [2.45, 2.75) is 0 Å². The Hall–Kier alpha value is -1.82. The van der Waals surface area contributed by atoms with Crippen molar-refractivity contribution in [2.24, 2.45) is 0 Å². The van der Waals surface area contributed by atoms with Crippen LogP contribution in [0.5, 0.6) is 5.75 Å². The summed E-state index contributed by atoms with van der Waals surface area (Å²) in [6, 6.07) is 14.6. The number of hydrogen-bond donors (Lipinski definition) is 0. The van der Waals surface area contributed by atoms with E-state index in [1.807, 2.05) is 36.4 Å². The van der Waals surface area contributed by atoms with E-state index in [0.29, 0.717) is 25.7 Å². The fraction of sp³-hybridized carbons (Fsp3) is 0.0588. The number of thiocarbonyl (C=S) groups is 1. The van der Waals surface area contributed by atoms with Gasteiger partial charge in [-0.2, -0.15) is 0 Å². The quantitative estimate of drug-likeness (QED) is 0.582. The molecule has 0 aliphatic carbocycles. The van der Waals surface area contributed by atoms with Crippen molar-refractivity contribution in [3.63, 3.8) is 0 Å². The summed E-state index contributed by atoms with van der Waals surface area (Å²) >= 11 is 12.8. The Bertz CT molecular complexity index is 820. The summed E-state index contributed by atoms with van der Waals surface area (Å²) in [6.07, 6.45) is 1.77. The van der Waals surface area contributed by atoms with E-state index in [1.54, 1.807) is 25.3 Å². The van der Waals surface area contributed by atoms with E-state index in [-0.39, 0.29) is 5.91 Å². The molecular formula is C17H12ClNO2S2. The van der Waals surface area contributed by atoms with E-state index in [2.05, 4.69) is 0 Å². The number of hydrogen-bond acceptors (Lipinski definition) is 4. The highest BCUT2D eigenvalue weighted by Gasteiger charge is 2.33. The molecule has 1 saturated heterocycles. The Labute approximate surface area is 148 Å². The van der Waals surface area contributed by atoms with Gasteiger partial charge in [0.1, 0.15) is 5.75 Å². The summed E-state index contributed by atoms with van der Waals surface area (Å²) in [4.78, 5) is 14.7. The SMILES string of the molecule is COc1cccc(N2C(=O)/C(=C/c3ccccc3Cl)SC2=S)c1. The van der Waals surface area contributed by atoms with Gasteiger partial charge in [0.2, 0.25) is 0 Å². The molecule has 2 aromatic carbocycles. The number of nitrogens with zero attached hydrogens (tertiary/aromatic N) is 1. The number of thioether (sulfide) groups is 1. The minimum absolute atomic E-state index is 0.159. The van der Waals surface area contributed by atoms with Crippen LogP contribution < -0.4 is 9.64 Å². The van der Waals surface area contributed by atoms with Crippen molar-refractivity contribution in [1.82, 2.24) is 0 Å². The highest BCUT2D eigenvalue weighted by Crippen LogP contribution is 2.37. The molecule has 1 fully saturated rings. The Balaban J connectivity index is 1.95. The van der Waals surface area contributed by atoms with Crippen LogP contribution >= 0.6 is 35.6 Å². The minimum Gasteiger partial charge on any atom is -0.497 e. The summed E-state index contributed by atoms with van der Waals surface area (Å²) in [5.41, 5.74) is 1.48. The molecule has 116 valence electrons. The topological polar surface area (TPSA) is 29.5 Å². The second kappa shape index (κ2) is 6.74. The summed E-state index contributed by atoms with van der Waals surface area (Å²) in [5, 5.41) is 0.596. The van der Waals surface area contributed by atoms with E-state index < -0.39 is 0 Å². The van der Waals surface area contributed by atoms with E-state index in [4.69, 9.17) is 28.6 Å². The zero-order valence-corrected chi connectivity index (χ0v) is 14.5. The third-order valence-electron chi connectivity index (χ3n) is 3.30. The summed E-state index contributed by atoms with van der Waals surface area (Å²) in [5.74, 6) is 0.514. The van der Waals surface area contributed by atoms with E-state index in [0.717, 1.165) is 5.56 Å². The first-order chi connectivity index (χ1) is 11.1. The molecule has 0 spiro atoms. The van der Waals surface area contributed by atoms with Crippen LogP contribution in [0, 0.1) is 0 Å². The molecule has 1 amide bonds. The minimum atomic E-state index is -0.159. The molecule has 0 unspecified atom stereocenters. The molecule has 1 aliphatic heterocycles. The number of amides is 1. The molecule has 6 heteroatoms. The van der Waals surface area contributed by atoms with E-state index in [1.165, 1.54) is 16.7 Å². The van der Waals surface area contributed by atoms with Crippen molar-refractivity contribution >= 4 is 57.6 Å². The van der Waals surface area contributed by atoms with Crippen molar-refractivity contribution in [3.8, 4) is 5.75 Å². The van der Waals surface area contributed by atoms with Crippen LogP contribution in [-0.4, -0.2) is 17.3 Å². The van der Waals surface area contributed by atoms with Gasteiger partial charge >= 0.3 is 0 Å². The summed E-state index contributed by atoms with van der Waals surface area (Å²) in [6.45, 7) is 0. The average Bonchev–Trinajstić information content (AvgIpc) is 2.83.